The van der Waals surface area contributed by atoms with Crippen molar-refractivity contribution in [1.82, 2.24) is 0 Å². The first kappa shape index (κ1) is 15.9. The number of hydrogen-bond donors (Lipinski definition) is 0. The van der Waals surface area contributed by atoms with E-state index in [1.165, 1.54) is 22.9 Å². The Hall–Kier alpha value is -2.00. The van der Waals surface area contributed by atoms with Gasteiger partial charge in [-0.15, -0.1) is 0 Å². The van der Waals surface area contributed by atoms with Crippen molar-refractivity contribution in [2.45, 2.75) is 25.4 Å². The van der Waals surface area contributed by atoms with Crippen molar-refractivity contribution in [2.75, 3.05) is 6.26 Å². The third-order valence-electron chi connectivity index (χ3n) is 4.12. The van der Waals surface area contributed by atoms with Gasteiger partial charge in [0.25, 0.3) is 5.12 Å². The van der Waals surface area contributed by atoms with E-state index >= 15 is 0 Å². The standard InChI is InChI=1S/C20H20O2S/c1-14-7-6-10-16(11-14)18-12-17(15-8-4-3-5-9-15)13-19(22-18)20(21)23-2/h3-11,13,17-18H,12H2,1-2H3/t17-,18+/m1/s1. The monoisotopic (exact) mass is 324 g/mol. The average molecular weight is 324 g/mol. The summed E-state index contributed by atoms with van der Waals surface area (Å²) in [6, 6.07) is 18.6. The van der Waals surface area contributed by atoms with E-state index in [2.05, 4.69) is 37.3 Å². The zero-order chi connectivity index (χ0) is 16.2. The zero-order valence-corrected chi connectivity index (χ0v) is 14.2. The third-order valence-corrected chi connectivity index (χ3v) is 4.69. The Morgan fingerprint density at radius 1 is 1.09 bits per heavy atom. The van der Waals surface area contributed by atoms with Gasteiger partial charge in [0, 0.05) is 5.92 Å². The van der Waals surface area contributed by atoms with Gasteiger partial charge in [-0.05, 0) is 36.8 Å². The molecular weight excluding hydrogens is 304 g/mol. The molecule has 0 N–H and O–H groups in total. The molecule has 0 radical (unpaired) electrons. The molecule has 0 spiro atoms. The lowest BCUT2D eigenvalue weighted by Crippen LogP contribution is -2.18. The molecule has 2 aromatic carbocycles. The fourth-order valence-corrected chi connectivity index (χ4v) is 3.26. The Morgan fingerprint density at radius 3 is 2.52 bits per heavy atom. The van der Waals surface area contributed by atoms with Crippen LogP contribution in [-0.4, -0.2) is 11.4 Å². The summed E-state index contributed by atoms with van der Waals surface area (Å²) < 4.78 is 6.02. The maximum atomic E-state index is 12.2. The molecule has 118 valence electrons. The number of carbonyl (C=O) groups is 1. The molecule has 1 aliphatic heterocycles. The van der Waals surface area contributed by atoms with Crippen molar-refractivity contribution in [1.29, 1.82) is 0 Å². The van der Waals surface area contributed by atoms with Gasteiger partial charge in [0.05, 0.1) is 0 Å². The highest BCUT2D eigenvalue weighted by Crippen LogP contribution is 2.39. The summed E-state index contributed by atoms with van der Waals surface area (Å²) in [4.78, 5) is 12.2. The number of hydrogen-bond acceptors (Lipinski definition) is 3. The van der Waals surface area contributed by atoms with Gasteiger partial charge in [-0.1, -0.05) is 71.9 Å². The Balaban J connectivity index is 1.95. The second-order valence-corrected chi connectivity index (χ2v) is 6.58. The third kappa shape index (κ3) is 3.67. The number of allylic oxidation sites excluding steroid dienone is 1. The van der Waals surface area contributed by atoms with Crippen LogP contribution < -0.4 is 0 Å². The van der Waals surface area contributed by atoms with E-state index in [1.807, 2.05) is 30.3 Å². The van der Waals surface area contributed by atoms with Crippen LogP contribution in [0.25, 0.3) is 0 Å². The molecule has 0 saturated carbocycles. The molecule has 2 atom stereocenters. The SMILES string of the molecule is CSC(=O)C1=C[C@H](c2ccccc2)C[C@@H](c2cccc(C)c2)O1. The van der Waals surface area contributed by atoms with Gasteiger partial charge < -0.3 is 4.74 Å². The Bertz CT molecular complexity index is 721. The van der Waals surface area contributed by atoms with Crippen molar-refractivity contribution in [3.05, 3.63) is 83.1 Å². The number of ether oxygens (including phenoxy) is 1. The molecule has 0 bridgehead atoms. The molecule has 0 aromatic heterocycles. The molecule has 0 unspecified atom stereocenters. The van der Waals surface area contributed by atoms with E-state index in [9.17, 15) is 4.79 Å². The summed E-state index contributed by atoms with van der Waals surface area (Å²) in [5, 5.41) is -0.0108. The summed E-state index contributed by atoms with van der Waals surface area (Å²) in [5.41, 5.74) is 3.56. The molecule has 3 heteroatoms. The van der Waals surface area contributed by atoms with Gasteiger partial charge in [-0.2, -0.15) is 0 Å². The van der Waals surface area contributed by atoms with Crippen LogP contribution in [0.2, 0.25) is 0 Å². The van der Waals surface area contributed by atoms with Gasteiger partial charge in [0.15, 0.2) is 5.76 Å². The van der Waals surface area contributed by atoms with Crippen LogP contribution in [-0.2, 0) is 9.53 Å². The van der Waals surface area contributed by atoms with Crippen molar-refractivity contribution in [3.63, 3.8) is 0 Å². The van der Waals surface area contributed by atoms with E-state index in [4.69, 9.17) is 4.74 Å². The minimum Gasteiger partial charge on any atom is -0.481 e. The van der Waals surface area contributed by atoms with Crippen LogP contribution >= 0.6 is 11.8 Å². The highest BCUT2D eigenvalue weighted by molar-refractivity contribution is 8.13. The first-order valence-corrected chi connectivity index (χ1v) is 8.98. The maximum Gasteiger partial charge on any atom is 0.253 e. The lowest BCUT2D eigenvalue weighted by Gasteiger charge is -2.29. The molecule has 23 heavy (non-hydrogen) atoms. The van der Waals surface area contributed by atoms with Gasteiger partial charge in [0.1, 0.15) is 6.10 Å². The van der Waals surface area contributed by atoms with Crippen LogP contribution in [0.3, 0.4) is 0 Å². The van der Waals surface area contributed by atoms with Crippen LogP contribution in [0.5, 0.6) is 0 Å². The second kappa shape index (κ2) is 7.05. The fourth-order valence-electron chi connectivity index (χ4n) is 2.95. The molecule has 2 nitrogen and oxygen atoms in total. The predicted molar refractivity (Wildman–Crippen MR) is 95.4 cm³/mol. The van der Waals surface area contributed by atoms with Crippen LogP contribution in [0, 0.1) is 6.92 Å². The molecular formula is C20H20O2S. The molecule has 0 fully saturated rings. The summed E-state index contributed by atoms with van der Waals surface area (Å²) in [7, 11) is 0. The van der Waals surface area contributed by atoms with E-state index in [1.54, 1.807) is 6.26 Å². The molecule has 0 saturated heterocycles. The molecule has 2 aromatic rings. The highest BCUT2D eigenvalue weighted by atomic mass is 32.2. The van der Waals surface area contributed by atoms with Gasteiger partial charge in [-0.3, -0.25) is 4.79 Å². The van der Waals surface area contributed by atoms with Crippen molar-refractivity contribution < 1.29 is 9.53 Å². The minimum atomic E-state index is -0.0868. The summed E-state index contributed by atoms with van der Waals surface area (Å²) in [6.07, 6.45) is 4.52. The number of thioether (sulfide) groups is 1. The molecule has 0 aliphatic carbocycles. The zero-order valence-electron chi connectivity index (χ0n) is 13.4. The number of carbonyl (C=O) groups excluding carboxylic acids is 1. The number of rotatable bonds is 3. The quantitative estimate of drug-likeness (QED) is 0.793. The minimum absolute atomic E-state index is 0.0108. The largest absolute Gasteiger partial charge is 0.481 e. The van der Waals surface area contributed by atoms with Crippen LogP contribution in [0.1, 0.15) is 35.1 Å². The summed E-state index contributed by atoms with van der Waals surface area (Å²) in [6.45, 7) is 2.07. The highest BCUT2D eigenvalue weighted by Gasteiger charge is 2.28. The number of benzene rings is 2. The van der Waals surface area contributed by atoms with E-state index in [0.29, 0.717) is 5.76 Å². The second-order valence-electron chi connectivity index (χ2n) is 5.80. The van der Waals surface area contributed by atoms with Crippen molar-refractivity contribution >= 4 is 16.9 Å². The smallest absolute Gasteiger partial charge is 0.253 e. The van der Waals surface area contributed by atoms with Crippen LogP contribution in [0.15, 0.2) is 66.4 Å². The van der Waals surface area contributed by atoms with Crippen LogP contribution in [0.4, 0.5) is 0 Å². The Kier molecular flexibility index (Phi) is 4.87. The predicted octanol–water partition coefficient (Wildman–Crippen LogP) is 5.01. The van der Waals surface area contributed by atoms with Gasteiger partial charge in [-0.25, -0.2) is 0 Å². The first-order valence-electron chi connectivity index (χ1n) is 7.75. The molecule has 1 heterocycles. The lowest BCUT2D eigenvalue weighted by molar-refractivity contribution is -0.112. The molecule has 1 aliphatic rings. The van der Waals surface area contributed by atoms with E-state index in [-0.39, 0.29) is 17.1 Å². The first-order chi connectivity index (χ1) is 11.2. The maximum absolute atomic E-state index is 12.2. The molecule has 0 amide bonds. The Morgan fingerprint density at radius 2 is 1.83 bits per heavy atom. The van der Waals surface area contributed by atoms with Gasteiger partial charge >= 0.3 is 0 Å². The Labute approximate surface area is 141 Å². The summed E-state index contributed by atoms with van der Waals surface area (Å²) >= 11 is 1.20. The van der Waals surface area contributed by atoms with Crippen molar-refractivity contribution in [2.24, 2.45) is 0 Å². The lowest BCUT2D eigenvalue weighted by atomic mass is 9.88. The molecule has 3 rings (SSSR count). The topological polar surface area (TPSA) is 26.3 Å². The average Bonchev–Trinajstić information content (AvgIpc) is 2.61. The van der Waals surface area contributed by atoms with E-state index in [0.717, 1.165) is 12.0 Å². The normalized spacial score (nSPS) is 20.5. The van der Waals surface area contributed by atoms with Crippen molar-refractivity contribution in [3.8, 4) is 0 Å². The number of aryl methyl sites for hydroxylation is 1. The fraction of sp³-hybridized carbons (Fsp3) is 0.250. The van der Waals surface area contributed by atoms with E-state index < -0.39 is 0 Å². The summed E-state index contributed by atoms with van der Waals surface area (Å²) in [5.74, 6) is 0.672. The van der Waals surface area contributed by atoms with Gasteiger partial charge in [0.2, 0.25) is 0 Å².